The van der Waals surface area contributed by atoms with E-state index in [1.165, 1.54) is 11.6 Å². The molecule has 0 spiro atoms. The maximum Gasteiger partial charge on any atom is 0.289 e. The van der Waals surface area contributed by atoms with Gasteiger partial charge in [-0.15, -0.1) is 0 Å². The highest BCUT2D eigenvalue weighted by atomic mass is 16.5. The fourth-order valence-electron chi connectivity index (χ4n) is 5.36. The summed E-state index contributed by atoms with van der Waals surface area (Å²) in [5.41, 5.74) is 0.614. The lowest BCUT2D eigenvalue weighted by Gasteiger charge is -2.47. The molecule has 0 radical (unpaired) electrons. The summed E-state index contributed by atoms with van der Waals surface area (Å²) in [6, 6.07) is 10.4. The zero-order valence-electron chi connectivity index (χ0n) is 19.2. The maximum atomic E-state index is 13.2. The second-order valence-corrected chi connectivity index (χ2v) is 9.95. The lowest BCUT2D eigenvalue weighted by atomic mass is 9.83. The van der Waals surface area contributed by atoms with Crippen molar-refractivity contribution in [2.45, 2.75) is 70.4 Å². The quantitative estimate of drug-likeness (QED) is 0.706. The number of hydrogen-bond donors (Lipinski definition) is 0. The van der Waals surface area contributed by atoms with E-state index in [0.717, 1.165) is 32.1 Å². The Hall–Kier alpha value is -2.63. The molecule has 0 aliphatic carbocycles. The van der Waals surface area contributed by atoms with E-state index in [0.29, 0.717) is 26.1 Å². The lowest BCUT2D eigenvalue weighted by Crippen LogP contribution is -2.57. The van der Waals surface area contributed by atoms with E-state index in [1.54, 1.807) is 0 Å². The fourth-order valence-corrected chi connectivity index (χ4v) is 5.36. The molecule has 1 aromatic rings. The second kappa shape index (κ2) is 9.47. The van der Waals surface area contributed by atoms with Gasteiger partial charge in [-0.25, -0.2) is 0 Å². The van der Waals surface area contributed by atoms with Crippen molar-refractivity contribution in [1.29, 1.82) is 0 Å². The average Bonchev–Trinajstić information content (AvgIpc) is 2.77. The Morgan fingerprint density at radius 1 is 1.12 bits per heavy atom. The van der Waals surface area contributed by atoms with Gasteiger partial charge >= 0.3 is 0 Å². The molecule has 3 aliphatic rings. The summed E-state index contributed by atoms with van der Waals surface area (Å²) < 4.78 is 5.86. The third-order valence-electron chi connectivity index (χ3n) is 6.87. The van der Waals surface area contributed by atoms with Crippen LogP contribution in [0.3, 0.4) is 0 Å². The van der Waals surface area contributed by atoms with Crippen molar-refractivity contribution in [3.05, 3.63) is 47.7 Å². The maximum absolute atomic E-state index is 13.2. The Balaban J connectivity index is 1.33. The number of carbonyl (C=O) groups is 3. The molecule has 3 heterocycles. The second-order valence-electron chi connectivity index (χ2n) is 9.95. The van der Waals surface area contributed by atoms with E-state index in [-0.39, 0.29) is 41.7 Å². The number of ketones is 1. The van der Waals surface area contributed by atoms with Crippen LogP contribution in [-0.2, 0) is 25.5 Å². The van der Waals surface area contributed by atoms with Gasteiger partial charge in [-0.1, -0.05) is 30.3 Å². The molecule has 0 unspecified atom stereocenters. The van der Waals surface area contributed by atoms with Crippen molar-refractivity contribution in [3.63, 3.8) is 0 Å². The molecule has 2 fully saturated rings. The Morgan fingerprint density at radius 2 is 1.91 bits per heavy atom. The van der Waals surface area contributed by atoms with Crippen molar-refractivity contribution in [2.24, 2.45) is 5.92 Å². The monoisotopic (exact) mass is 438 g/mol. The number of ether oxygens (including phenoxy) is 1. The van der Waals surface area contributed by atoms with Crippen LogP contribution < -0.4 is 0 Å². The molecule has 32 heavy (non-hydrogen) atoms. The first-order chi connectivity index (χ1) is 15.3. The molecular weight excluding hydrogens is 404 g/mol. The van der Waals surface area contributed by atoms with Crippen molar-refractivity contribution in [2.75, 3.05) is 19.6 Å². The van der Waals surface area contributed by atoms with Gasteiger partial charge in [-0.2, -0.15) is 0 Å². The minimum atomic E-state index is -0.651. The zero-order valence-corrected chi connectivity index (χ0v) is 19.2. The zero-order chi connectivity index (χ0) is 22.7. The van der Waals surface area contributed by atoms with E-state index in [1.807, 2.05) is 41.8 Å². The number of hydrogen-bond acceptors (Lipinski definition) is 4. The third-order valence-corrected chi connectivity index (χ3v) is 6.87. The molecule has 6 nitrogen and oxygen atoms in total. The number of aryl methyl sites for hydroxylation is 1. The SMILES string of the molecule is CC1(C)CC(=O)C=C(C(=O)N2CCC[C@@H]3CN(C(=O)CCCc4ccccc4)CC[C@@H]32)O1. The van der Waals surface area contributed by atoms with E-state index in [4.69, 9.17) is 4.74 Å². The fraction of sp³-hybridized carbons (Fsp3) is 0.577. The standard InChI is InChI=1S/C26H34N2O4/c1-26(2)17-21(29)16-23(32-26)25(31)28-14-7-11-20-18-27(15-13-22(20)28)24(30)12-6-10-19-8-4-3-5-9-19/h3-5,8-9,16,20,22H,6-7,10-15,17-18H2,1-2H3/t20-,22+/m1/s1. The van der Waals surface area contributed by atoms with E-state index >= 15 is 0 Å². The first-order valence-electron chi connectivity index (χ1n) is 11.9. The van der Waals surface area contributed by atoms with E-state index < -0.39 is 5.60 Å². The summed E-state index contributed by atoms with van der Waals surface area (Å²) in [7, 11) is 0. The van der Waals surface area contributed by atoms with Crippen LogP contribution >= 0.6 is 0 Å². The van der Waals surface area contributed by atoms with Gasteiger partial charge in [-0.3, -0.25) is 14.4 Å². The molecule has 4 rings (SSSR count). The molecule has 172 valence electrons. The topological polar surface area (TPSA) is 66.9 Å². The summed E-state index contributed by atoms with van der Waals surface area (Å²) in [5.74, 6) is 0.435. The summed E-state index contributed by atoms with van der Waals surface area (Å²) in [5, 5.41) is 0. The number of benzene rings is 1. The molecular formula is C26H34N2O4. The van der Waals surface area contributed by atoms with Gasteiger partial charge in [-0.05, 0) is 57.4 Å². The number of rotatable bonds is 5. The number of amides is 2. The number of fused-ring (bicyclic) bond motifs is 1. The molecule has 2 atom stereocenters. The van der Waals surface area contributed by atoms with Crippen LogP contribution in [0.15, 0.2) is 42.2 Å². The summed E-state index contributed by atoms with van der Waals surface area (Å²) in [4.78, 5) is 42.0. The highest BCUT2D eigenvalue weighted by Gasteiger charge is 2.42. The number of nitrogens with zero attached hydrogens (tertiary/aromatic N) is 2. The predicted molar refractivity (Wildman–Crippen MR) is 122 cm³/mol. The van der Waals surface area contributed by atoms with Crippen LogP contribution in [0.4, 0.5) is 0 Å². The summed E-state index contributed by atoms with van der Waals surface area (Å²) >= 11 is 0. The van der Waals surface area contributed by atoms with Gasteiger partial charge in [0.2, 0.25) is 5.91 Å². The molecule has 0 aromatic heterocycles. The third kappa shape index (κ3) is 5.22. The highest BCUT2D eigenvalue weighted by Crippen LogP contribution is 2.33. The molecule has 0 N–H and O–H groups in total. The van der Waals surface area contributed by atoms with Crippen LogP contribution in [0, 0.1) is 5.92 Å². The van der Waals surface area contributed by atoms with Crippen LogP contribution in [0.2, 0.25) is 0 Å². The molecule has 6 heteroatoms. The van der Waals surface area contributed by atoms with Gasteiger partial charge in [0.15, 0.2) is 11.5 Å². The summed E-state index contributed by atoms with van der Waals surface area (Å²) in [6.07, 6.45) is 6.70. The first-order valence-corrected chi connectivity index (χ1v) is 11.9. The molecule has 2 saturated heterocycles. The Morgan fingerprint density at radius 3 is 2.66 bits per heavy atom. The molecule has 0 bridgehead atoms. The van der Waals surface area contributed by atoms with Gasteiger partial charge in [0, 0.05) is 44.6 Å². The Kier molecular flexibility index (Phi) is 6.68. The highest BCUT2D eigenvalue weighted by molar-refractivity contribution is 6.02. The van der Waals surface area contributed by atoms with Gasteiger partial charge < -0.3 is 14.5 Å². The minimum Gasteiger partial charge on any atom is -0.481 e. The van der Waals surface area contributed by atoms with Crippen LogP contribution in [0.5, 0.6) is 0 Å². The molecule has 1 aromatic carbocycles. The van der Waals surface area contributed by atoms with Gasteiger partial charge in [0.25, 0.3) is 5.91 Å². The molecule has 2 amide bonds. The number of allylic oxidation sites excluding steroid dienone is 1. The molecule has 3 aliphatic heterocycles. The van der Waals surface area contributed by atoms with Crippen LogP contribution in [0.1, 0.15) is 57.9 Å². The normalized spacial score (nSPS) is 24.9. The Bertz CT molecular complexity index is 892. The summed E-state index contributed by atoms with van der Waals surface area (Å²) in [6.45, 7) is 5.75. The van der Waals surface area contributed by atoms with Crippen LogP contribution in [0.25, 0.3) is 0 Å². The van der Waals surface area contributed by atoms with Gasteiger partial charge in [0.05, 0.1) is 0 Å². The van der Waals surface area contributed by atoms with Crippen LogP contribution in [-0.4, -0.2) is 58.7 Å². The van der Waals surface area contributed by atoms with Crippen molar-refractivity contribution in [3.8, 4) is 0 Å². The number of likely N-dealkylation sites (tertiary alicyclic amines) is 2. The van der Waals surface area contributed by atoms with Crippen molar-refractivity contribution >= 4 is 17.6 Å². The van der Waals surface area contributed by atoms with E-state index in [2.05, 4.69) is 12.1 Å². The van der Waals surface area contributed by atoms with Crippen molar-refractivity contribution < 1.29 is 19.1 Å². The smallest absolute Gasteiger partial charge is 0.289 e. The van der Waals surface area contributed by atoms with Crippen molar-refractivity contribution in [1.82, 2.24) is 9.80 Å². The van der Waals surface area contributed by atoms with E-state index in [9.17, 15) is 14.4 Å². The minimum absolute atomic E-state index is 0.0610. The Labute approximate surface area is 190 Å². The number of carbonyl (C=O) groups excluding carboxylic acids is 3. The number of piperidine rings is 2. The average molecular weight is 439 g/mol. The molecule has 0 saturated carbocycles. The predicted octanol–water partition coefficient (Wildman–Crippen LogP) is 3.50. The lowest BCUT2D eigenvalue weighted by molar-refractivity contribution is -0.146. The van der Waals surface area contributed by atoms with Gasteiger partial charge in [0.1, 0.15) is 5.60 Å². The largest absolute Gasteiger partial charge is 0.481 e. The first kappa shape index (κ1) is 22.6.